The molecule has 2 amide bonds. The van der Waals surface area contributed by atoms with E-state index >= 15 is 0 Å². The number of amides is 2. The second-order valence-corrected chi connectivity index (χ2v) is 5.65. The molecule has 0 aromatic heterocycles. The molecule has 116 valence electrons. The number of carbonyl (C=O) groups is 1. The molecule has 1 fully saturated rings. The van der Waals surface area contributed by atoms with Crippen molar-refractivity contribution in [1.82, 2.24) is 15.1 Å². The smallest absolute Gasteiger partial charge is 0.317 e. The topological polar surface area (TPSA) is 44.8 Å². The SMILES string of the molecule is CN(C)CCOc1ccc(CNC(=O)N2CCCC2)cc1. The van der Waals surface area contributed by atoms with E-state index in [1.54, 1.807) is 0 Å². The Morgan fingerprint density at radius 1 is 1.24 bits per heavy atom. The first-order chi connectivity index (χ1) is 10.1. The number of benzene rings is 1. The van der Waals surface area contributed by atoms with Crippen molar-refractivity contribution in [2.24, 2.45) is 0 Å². The van der Waals surface area contributed by atoms with Crippen LogP contribution in [0.5, 0.6) is 5.75 Å². The number of carbonyl (C=O) groups excluding carboxylic acids is 1. The summed E-state index contributed by atoms with van der Waals surface area (Å²) < 4.78 is 5.64. The largest absolute Gasteiger partial charge is 0.492 e. The molecule has 0 atom stereocenters. The van der Waals surface area contributed by atoms with E-state index in [-0.39, 0.29) is 6.03 Å². The fourth-order valence-electron chi connectivity index (χ4n) is 2.26. The van der Waals surface area contributed by atoms with Crippen molar-refractivity contribution >= 4 is 6.03 Å². The van der Waals surface area contributed by atoms with Gasteiger partial charge in [0.15, 0.2) is 0 Å². The Labute approximate surface area is 126 Å². The third-order valence-electron chi connectivity index (χ3n) is 3.57. The van der Waals surface area contributed by atoms with Gasteiger partial charge in [-0.3, -0.25) is 0 Å². The summed E-state index contributed by atoms with van der Waals surface area (Å²) in [6.07, 6.45) is 2.23. The van der Waals surface area contributed by atoms with Gasteiger partial charge in [0.1, 0.15) is 12.4 Å². The predicted octanol–water partition coefficient (Wildman–Crippen LogP) is 1.93. The fourth-order valence-corrected chi connectivity index (χ4v) is 2.26. The monoisotopic (exact) mass is 291 g/mol. The highest BCUT2D eigenvalue weighted by atomic mass is 16.5. The molecule has 1 aromatic carbocycles. The molecular weight excluding hydrogens is 266 g/mol. The van der Waals surface area contributed by atoms with Crippen molar-refractivity contribution in [1.29, 1.82) is 0 Å². The Hall–Kier alpha value is -1.75. The van der Waals surface area contributed by atoms with E-state index in [0.29, 0.717) is 13.2 Å². The summed E-state index contributed by atoms with van der Waals surface area (Å²) in [5, 5.41) is 2.96. The van der Waals surface area contributed by atoms with Crippen LogP contribution in [0.25, 0.3) is 0 Å². The van der Waals surface area contributed by atoms with E-state index in [0.717, 1.165) is 43.8 Å². The van der Waals surface area contributed by atoms with Gasteiger partial charge in [0, 0.05) is 26.2 Å². The molecule has 1 aliphatic heterocycles. The summed E-state index contributed by atoms with van der Waals surface area (Å²) in [5.74, 6) is 0.867. The Balaban J connectivity index is 1.72. The van der Waals surface area contributed by atoms with Crippen LogP contribution in [0.3, 0.4) is 0 Å². The van der Waals surface area contributed by atoms with E-state index in [9.17, 15) is 4.79 Å². The van der Waals surface area contributed by atoms with Crippen molar-refractivity contribution < 1.29 is 9.53 Å². The molecule has 0 spiro atoms. The first-order valence-electron chi connectivity index (χ1n) is 7.54. The van der Waals surface area contributed by atoms with E-state index in [2.05, 4.69) is 10.2 Å². The molecule has 0 unspecified atom stereocenters. The molecule has 0 radical (unpaired) electrons. The zero-order chi connectivity index (χ0) is 15.1. The van der Waals surface area contributed by atoms with Crippen molar-refractivity contribution in [2.75, 3.05) is 40.3 Å². The van der Waals surface area contributed by atoms with Gasteiger partial charge in [-0.1, -0.05) is 12.1 Å². The van der Waals surface area contributed by atoms with Crippen LogP contribution in [0.4, 0.5) is 4.79 Å². The quantitative estimate of drug-likeness (QED) is 0.871. The van der Waals surface area contributed by atoms with Gasteiger partial charge in [-0.2, -0.15) is 0 Å². The van der Waals surface area contributed by atoms with Crippen molar-refractivity contribution in [2.45, 2.75) is 19.4 Å². The number of likely N-dealkylation sites (N-methyl/N-ethyl adjacent to an activating group) is 1. The molecule has 5 nitrogen and oxygen atoms in total. The number of rotatable bonds is 6. The Morgan fingerprint density at radius 3 is 2.52 bits per heavy atom. The molecular formula is C16H25N3O2. The van der Waals surface area contributed by atoms with Crippen molar-refractivity contribution in [3.05, 3.63) is 29.8 Å². The summed E-state index contributed by atoms with van der Waals surface area (Å²) in [7, 11) is 4.05. The Morgan fingerprint density at radius 2 is 1.90 bits per heavy atom. The van der Waals surface area contributed by atoms with Crippen LogP contribution in [0.15, 0.2) is 24.3 Å². The average Bonchev–Trinajstić information content (AvgIpc) is 3.00. The number of hydrogen-bond donors (Lipinski definition) is 1. The molecule has 0 aliphatic carbocycles. The predicted molar refractivity (Wildman–Crippen MR) is 83.5 cm³/mol. The van der Waals surface area contributed by atoms with Gasteiger partial charge >= 0.3 is 6.03 Å². The molecule has 5 heteroatoms. The summed E-state index contributed by atoms with van der Waals surface area (Å²) in [6.45, 7) is 3.90. The molecule has 1 aromatic rings. The lowest BCUT2D eigenvalue weighted by Crippen LogP contribution is -2.37. The minimum absolute atomic E-state index is 0.0406. The summed E-state index contributed by atoms with van der Waals surface area (Å²) in [5.41, 5.74) is 1.09. The van der Waals surface area contributed by atoms with E-state index in [1.807, 2.05) is 43.3 Å². The standard InChI is InChI=1S/C16H25N3O2/c1-18(2)11-12-21-15-7-5-14(6-8-15)13-17-16(20)19-9-3-4-10-19/h5-8H,3-4,9-13H2,1-2H3,(H,17,20). The second kappa shape index (κ2) is 7.88. The molecule has 1 N–H and O–H groups in total. The van der Waals surface area contributed by atoms with Crippen LogP contribution < -0.4 is 10.1 Å². The highest BCUT2D eigenvalue weighted by Crippen LogP contribution is 2.12. The molecule has 1 saturated heterocycles. The van der Waals surface area contributed by atoms with E-state index in [4.69, 9.17) is 4.74 Å². The van der Waals surface area contributed by atoms with Gasteiger partial charge < -0.3 is 19.9 Å². The van der Waals surface area contributed by atoms with Crippen LogP contribution in [0, 0.1) is 0 Å². The van der Waals surface area contributed by atoms with E-state index in [1.165, 1.54) is 0 Å². The molecule has 1 heterocycles. The van der Waals surface area contributed by atoms with Gasteiger partial charge in [0.2, 0.25) is 0 Å². The molecule has 21 heavy (non-hydrogen) atoms. The lowest BCUT2D eigenvalue weighted by atomic mass is 10.2. The second-order valence-electron chi connectivity index (χ2n) is 5.65. The maximum atomic E-state index is 11.9. The number of likely N-dealkylation sites (tertiary alicyclic amines) is 1. The number of hydrogen-bond acceptors (Lipinski definition) is 3. The maximum Gasteiger partial charge on any atom is 0.317 e. The lowest BCUT2D eigenvalue weighted by Gasteiger charge is -2.16. The summed E-state index contributed by atoms with van der Waals surface area (Å²) >= 11 is 0. The van der Waals surface area contributed by atoms with Crippen LogP contribution >= 0.6 is 0 Å². The van der Waals surface area contributed by atoms with Crippen LogP contribution in [0.2, 0.25) is 0 Å². The maximum absolute atomic E-state index is 11.9. The number of ether oxygens (including phenoxy) is 1. The van der Waals surface area contributed by atoms with Crippen LogP contribution in [-0.4, -0.2) is 56.2 Å². The van der Waals surface area contributed by atoms with Crippen molar-refractivity contribution in [3.63, 3.8) is 0 Å². The Kier molecular flexibility index (Phi) is 5.87. The molecule has 0 saturated carbocycles. The first-order valence-corrected chi connectivity index (χ1v) is 7.54. The summed E-state index contributed by atoms with van der Waals surface area (Å²) in [4.78, 5) is 15.8. The highest BCUT2D eigenvalue weighted by Gasteiger charge is 2.16. The molecule has 2 rings (SSSR count). The summed E-state index contributed by atoms with van der Waals surface area (Å²) in [6, 6.07) is 7.93. The molecule has 1 aliphatic rings. The zero-order valence-electron chi connectivity index (χ0n) is 13.0. The third kappa shape index (κ3) is 5.27. The first kappa shape index (κ1) is 15.6. The molecule has 0 bridgehead atoms. The van der Waals surface area contributed by atoms with Crippen LogP contribution in [0.1, 0.15) is 18.4 Å². The average molecular weight is 291 g/mol. The van der Waals surface area contributed by atoms with E-state index < -0.39 is 0 Å². The zero-order valence-corrected chi connectivity index (χ0v) is 13.0. The number of nitrogens with zero attached hydrogens (tertiary/aromatic N) is 2. The third-order valence-corrected chi connectivity index (χ3v) is 3.57. The normalized spacial score (nSPS) is 14.5. The van der Waals surface area contributed by atoms with Gasteiger partial charge in [-0.05, 0) is 44.6 Å². The minimum atomic E-state index is 0.0406. The van der Waals surface area contributed by atoms with Gasteiger partial charge in [-0.15, -0.1) is 0 Å². The van der Waals surface area contributed by atoms with Gasteiger partial charge in [0.05, 0.1) is 0 Å². The van der Waals surface area contributed by atoms with Gasteiger partial charge in [-0.25, -0.2) is 4.79 Å². The number of urea groups is 1. The highest BCUT2D eigenvalue weighted by molar-refractivity contribution is 5.74. The van der Waals surface area contributed by atoms with Crippen molar-refractivity contribution in [3.8, 4) is 5.75 Å². The Bertz CT molecular complexity index is 439. The van der Waals surface area contributed by atoms with Gasteiger partial charge in [0.25, 0.3) is 0 Å². The minimum Gasteiger partial charge on any atom is -0.492 e. The number of nitrogens with one attached hydrogen (secondary N) is 1. The fraction of sp³-hybridized carbons (Fsp3) is 0.562. The van der Waals surface area contributed by atoms with Crippen LogP contribution in [-0.2, 0) is 6.54 Å². The lowest BCUT2D eigenvalue weighted by molar-refractivity contribution is 0.208.